The van der Waals surface area contributed by atoms with E-state index in [1.54, 1.807) is 0 Å². The zero-order valence-corrected chi connectivity index (χ0v) is 8.85. The van der Waals surface area contributed by atoms with E-state index in [4.69, 9.17) is 28.3 Å². The number of pyridine rings is 1. The third-order valence-electron chi connectivity index (χ3n) is 1.44. The average molecular weight is 235 g/mol. The quantitative estimate of drug-likeness (QED) is 0.768. The third-order valence-corrected chi connectivity index (χ3v) is 2.01. The van der Waals surface area contributed by atoms with Crippen molar-refractivity contribution in [2.45, 2.75) is 13.5 Å². The Morgan fingerprint density at radius 3 is 2.71 bits per heavy atom. The number of carbonyl (C=O) groups is 1. The summed E-state index contributed by atoms with van der Waals surface area (Å²) in [6, 6.07) is 1.44. The highest BCUT2D eigenvalue weighted by Gasteiger charge is 2.10. The molecule has 6 heteroatoms. The van der Waals surface area contributed by atoms with Crippen LogP contribution in [0.2, 0.25) is 10.2 Å². The maximum atomic E-state index is 10.8. The molecule has 1 aromatic heterocycles. The van der Waals surface area contributed by atoms with Crippen molar-refractivity contribution in [3.63, 3.8) is 0 Å². The molecule has 0 radical (unpaired) electrons. The summed E-state index contributed by atoms with van der Waals surface area (Å²) in [6.45, 7) is 1.09. The molecular formula is C8H8Cl2N2O2. The molecule has 2 N–H and O–H groups in total. The van der Waals surface area contributed by atoms with Crippen molar-refractivity contribution in [1.82, 2.24) is 4.98 Å². The Labute approximate surface area is 90.9 Å². The summed E-state index contributed by atoms with van der Waals surface area (Å²) < 4.78 is 0. The van der Waals surface area contributed by atoms with Crippen LogP contribution < -0.4 is 5.32 Å². The Morgan fingerprint density at radius 1 is 1.64 bits per heavy atom. The van der Waals surface area contributed by atoms with Crippen LogP contribution in [0.5, 0.6) is 0 Å². The first-order chi connectivity index (χ1) is 6.54. The maximum Gasteiger partial charge on any atom is 0.221 e. The third kappa shape index (κ3) is 2.57. The molecule has 0 saturated heterocycles. The van der Waals surface area contributed by atoms with Gasteiger partial charge >= 0.3 is 0 Å². The predicted octanol–water partition coefficient (Wildman–Crippen LogP) is 1.84. The van der Waals surface area contributed by atoms with E-state index in [9.17, 15) is 4.79 Å². The zero-order chi connectivity index (χ0) is 10.7. The molecule has 0 saturated carbocycles. The number of aliphatic hydroxyl groups is 1. The van der Waals surface area contributed by atoms with Gasteiger partial charge in [-0.2, -0.15) is 0 Å². The molecule has 4 nitrogen and oxygen atoms in total. The number of amides is 1. The molecule has 0 atom stereocenters. The number of anilines is 1. The van der Waals surface area contributed by atoms with Crippen LogP contribution in [-0.4, -0.2) is 16.0 Å². The molecule has 76 valence electrons. The largest absolute Gasteiger partial charge is 0.390 e. The Morgan fingerprint density at radius 2 is 2.29 bits per heavy atom. The van der Waals surface area contributed by atoms with E-state index in [1.807, 2.05) is 0 Å². The summed E-state index contributed by atoms with van der Waals surface area (Å²) in [7, 11) is 0. The lowest BCUT2D eigenvalue weighted by Crippen LogP contribution is -2.08. The van der Waals surface area contributed by atoms with Gasteiger partial charge in [-0.05, 0) is 6.07 Å². The first-order valence-electron chi connectivity index (χ1n) is 3.78. The molecule has 0 fully saturated rings. The van der Waals surface area contributed by atoms with Gasteiger partial charge in [0.25, 0.3) is 0 Å². The van der Waals surface area contributed by atoms with Gasteiger partial charge in [0.1, 0.15) is 0 Å². The van der Waals surface area contributed by atoms with E-state index in [1.165, 1.54) is 13.0 Å². The van der Waals surface area contributed by atoms with Crippen molar-refractivity contribution < 1.29 is 9.90 Å². The molecule has 1 rings (SSSR count). The van der Waals surface area contributed by atoms with Crippen molar-refractivity contribution in [1.29, 1.82) is 0 Å². The number of aliphatic hydroxyl groups excluding tert-OH is 1. The van der Waals surface area contributed by atoms with Crippen LogP contribution in [0.1, 0.15) is 12.6 Å². The van der Waals surface area contributed by atoms with E-state index in [-0.39, 0.29) is 28.4 Å². The predicted molar refractivity (Wildman–Crippen MR) is 54.5 cm³/mol. The first-order valence-corrected chi connectivity index (χ1v) is 4.53. The number of hydrogen-bond donors (Lipinski definition) is 2. The maximum absolute atomic E-state index is 10.8. The Kier molecular flexibility index (Phi) is 3.69. The Bertz CT molecular complexity index is 345. The Hall–Kier alpha value is -0.840. The van der Waals surface area contributed by atoms with Crippen molar-refractivity contribution >= 4 is 34.8 Å². The second kappa shape index (κ2) is 4.59. The molecular weight excluding hydrogens is 227 g/mol. The minimum atomic E-state index is -0.285. The van der Waals surface area contributed by atoms with Gasteiger partial charge in [0.2, 0.25) is 5.91 Å². The minimum Gasteiger partial charge on any atom is -0.390 e. The zero-order valence-electron chi connectivity index (χ0n) is 7.34. The van der Waals surface area contributed by atoms with Gasteiger partial charge in [0.15, 0.2) is 5.15 Å². The molecule has 0 aromatic carbocycles. The van der Waals surface area contributed by atoms with Crippen LogP contribution in [0, 0.1) is 0 Å². The van der Waals surface area contributed by atoms with Crippen LogP contribution in [0.15, 0.2) is 6.07 Å². The minimum absolute atomic E-state index is 0.0664. The average Bonchev–Trinajstić information content (AvgIpc) is 2.10. The summed E-state index contributed by atoms with van der Waals surface area (Å²) in [6.07, 6.45) is 0. The van der Waals surface area contributed by atoms with Gasteiger partial charge in [-0.15, -0.1) is 0 Å². The lowest BCUT2D eigenvalue weighted by molar-refractivity contribution is -0.114. The van der Waals surface area contributed by atoms with Gasteiger partial charge < -0.3 is 10.4 Å². The summed E-state index contributed by atoms with van der Waals surface area (Å²) in [4.78, 5) is 14.6. The van der Waals surface area contributed by atoms with Crippen molar-refractivity contribution in [2.75, 3.05) is 5.32 Å². The number of rotatable bonds is 2. The van der Waals surface area contributed by atoms with Crippen LogP contribution in [0.25, 0.3) is 0 Å². The highest BCUT2D eigenvalue weighted by molar-refractivity contribution is 6.39. The van der Waals surface area contributed by atoms with Gasteiger partial charge in [-0.25, -0.2) is 4.98 Å². The van der Waals surface area contributed by atoms with Crippen LogP contribution in [0.4, 0.5) is 5.69 Å². The lowest BCUT2D eigenvalue weighted by atomic mass is 10.3. The number of hydrogen-bond acceptors (Lipinski definition) is 3. The Balaban J connectivity index is 3.11. The van der Waals surface area contributed by atoms with Gasteiger partial charge in [0, 0.05) is 6.92 Å². The number of nitrogens with zero attached hydrogens (tertiary/aromatic N) is 1. The first kappa shape index (κ1) is 11.2. The molecule has 0 aliphatic heterocycles. The molecule has 0 bridgehead atoms. The SMILES string of the molecule is CC(=O)Nc1c(Cl)cc(CO)nc1Cl. The smallest absolute Gasteiger partial charge is 0.221 e. The standard InChI is InChI=1S/C8H8Cl2N2O2/c1-4(14)11-7-6(9)2-5(3-13)12-8(7)10/h2,13H,3H2,1H3,(H,11,14). The van der Waals surface area contributed by atoms with Crippen molar-refractivity contribution in [2.24, 2.45) is 0 Å². The van der Waals surface area contributed by atoms with E-state index in [0.717, 1.165) is 0 Å². The fourth-order valence-corrected chi connectivity index (χ4v) is 1.47. The summed E-state index contributed by atoms with van der Waals surface area (Å²) >= 11 is 11.5. The van der Waals surface area contributed by atoms with E-state index in [2.05, 4.69) is 10.3 Å². The molecule has 0 unspecified atom stereocenters. The van der Waals surface area contributed by atoms with Gasteiger partial charge in [-0.1, -0.05) is 23.2 Å². The van der Waals surface area contributed by atoms with Gasteiger partial charge in [-0.3, -0.25) is 4.79 Å². The number of nitrogens with one attached hydrogen (secondary N) is 1. The second-order valence-electron chi connectivity index (χ2n) is 2.60. The van der Waals surface area contributed by atoms with E-state index in [0.29, 0.717) is 5.69 Å². The molecule has 0 spiro atoms. The fraction of sp³-hybridized carbons (Fsp3) is 0.250. The molecule has 14 heavy (non-hydrogen) atoms. The van der Waals surface area contributed by atoms with Crippen molar-refractivity contribution in [3.05, 3.63) is 21.9 Å². The highest BCUT2D eigenvalue weighted by Crippen LogP contribution is 2.29. The molecule has 0 aliphatic carbocycles. The van der Waals surface area contributed by atoms with E-state index < -0.39 is 0 Å². The summed E-state index contributed by atoms with van der Waals surface area (Å²) in [5.41, 5.74) is 0.618. The second-order valence-corrected chi connectivity index (χ2v) is 3.37. The highest BCUT2D eigenvalue weighted by atomic mass is 35.5. The fourth-order valence-electron chi connectivity index (χ4n) is 0.900. The summed E-state index contributed by atoms with van der Waals surface area (Å²) in [5, 5.41) is 11.6. The topological polar surface area (TPSA) is 62.2 Å². The monoisotopic (exact) mass is 234 g/mol. The van der Waals surface area contributed by atoms with Crippen LogP contribution in [-0.2, 0) is 11.4 Å². The molecule has 1 amide bonds. The number of halogens is 2. The molecule has 1 aromatic rings. The normalized spacial score (nSPS) is 10.0. The summed E-state index contributed by atoms with van der Waals surface area (Å²) in [5.74, 6) is -0.285. The molecule has 1 heterocycles. The van der Waals surface area contributed by atoms with Crippen LogP contribution in [0.3, 0.4) is 0 Å². The van der Waals surface area contributed by atoms with Gasteiger partial charge in [0.05, 0.1) is 23.0 Å². The van der Waals surface area contributed by atoms with E-state index >= 15 is 0 Å². The molecule has 0 aliphatic rings. The van der Waals surface area contributed by atoms with Crippen molar-refractivity contribution in [3.8, 4) is 0 Å². The lowest BCUT2D eigenvalue weighted by Gasteiger charge is -2.07. The number of aromatic nitrogens is 1. The number of carbonyl (C=O) groups excluding carboxylic acids is 1. The van der Waals surface area contributed by atoms with Crippen LogP contribution >= 0.6 is 23.2 Å².